The highest BCUT2D eigenvalue weighted by molar-refractivity contribution is 7.90. The van der Waals surface area contributed by atoms with Crippen LogP contribution in [0.25, 0.3) is 0 Å². The van der Waals surface area contributed by atoms with Crippen LogP contribution < -0.4 is 5.32 Å². The van der Waals surface area contributed by atoms with Gasteiger partial charge in [-0.25, -0.2) is 13.4 Å². The minimum Gasteiger partial charge on any atom is -0.313 e. The van der Waals surface area contributed by atoms with Gasteiger partial charge in [-0.05, 0) is 13.8 Å². The van der Waals surface area contributed by atoms with Crippen LogP contribution in [0.4, 0.5) is 0 Å². The fourth-order valence-corrected chi connectivity index (χ4v) is 3.26. The van der Waals surface area contributed by atoms with E-state index >= 15 is 0 Å². The average molecular weight is 262 g/mol. The lowest BCUT2D eigenvalue weighted by Crippen LogP contribution is -2.34. The van der Waals surface area contributed by atoms with Crippen molar-refractivity contribution in [2.45, 2.75) is 26.3 Å². The zero-order valence-corrected chi connectivity index (χ0v) is 11.5. The fourth-order valence-electron chi connectivity index (χ4n) is 1.46. The van der Waals surface area contributed by atoms with E-state index in [0.717, 1.165) is 23.7 Å². The van der Waals surface area contributed by atoms with E-state index in [0.29, 0.717) is 0 Å². The Labute approximate surface area is 101 Å². The number of aryl methyl sites for hydroxylation is 1. The van der Waals surface area contributed by atoms with Crippen molar-refractivity contribution >= 4 is 21.2 Å². The molecule has 0 fully saturated rings. The van der Waals surface area contributed by atoms with Crippen molar-refractivity contribution in [3.63, 3.8) is 0 Å². The first kappa shape index (κ1) is 13.6. The van der Waals surface area contributed by atoms with Crippen molar-refractivity contribution in [3.05, 3.63) is 16.1 Å². The maximum Gasteiger partial charge on any atom is 0.148 e. The Bertz CT molecular complexity index is 426. The first-order valence-corrected chi connectivity index (χ1v) is 8.13. The molecular formula is C10H18N2O2S2. The van der Waals surface area contributed by atoms with Gasteiger partial charge in [-0.2, -0.15) is 0 Å². The predicted octanol–water partition coefficient (Wildman–Crippen LogP) is 1.02. The van der Waals surface area contributed by atoms with E-state index in [1.807, 2.05) is 19.2 Å². The van der Waals surface area contributed by atoms with Crippen molar-refractivity contribution in [3.8, 4) is 0 Å². The molecule has 0 saturated heterocycles. The van der Waals surface area contributed by atoms with Gasteiger partial charge in [0.15, 0.2) is 0 Å². The molecule has 6 heteroatoms. The molecule has 0 aliphatic rings. The quantitative estimate of drug-likeness (QED) is 0.831. The molecule has 0 aliphatic carbocycles. The van der Waals surface area contributed by atoms with Crippen LogP contribution in [-0.2, 0) is 16.3 Å². The number of thiazole rings is 1. The third-order valence-corrected chi connectivity index (χ3v) is 4.18. The van der Waals surface area contributed by atoms with Crippen molar-refractivity contribution in [2.75, 3.05) is 18.6 Å². The number of rotatable bonds is 6. The second-order valence-corrected chi connectivity index (χ2v) is 7.21. The lowest BCUT2D eigenvalue weighted by atomic mass is 10.3. The Kier molecular flexibility index (Phi) is 4.89. The van der Waals surface area contributed by atoms with Crippen LogP contribution in [0.5, 0.6) is 0 Å². The first-order valence-electron chi connectivity index (χ1n) is 5.19. The highest BCUT2D eigenvalue weighted by atomic mass is 32.2. The second kappa shape index (κ2) is 5.75. The maximum atomic E-state index is 11.0. The van der Waals surface area contributed by atoms with Gasteiger partial charge >= 0.3 is 0 Å². The molecule has 1 atom stereocenters. The van der Waals surface area contributed by atoms with Crippen LogP contribution >= 0.6 is 11.3 Å². The smallest absolute Gasteiger partial charge is 0.148 e. The summed E-state index contributed by atoms with van der Waals surface area (Å²) < 4.78 is 22.1. The van der Waals surface area contributed by atoms with E-state index in [-0.39, 0.29) is 11.8 Å². The Morgan fingerprint density at radius 3 is 2.75 bits per heavy atom. The molecule has 1 unspecified atom stereocenters. The maximum absolute atomic E-state index is 11.0. The molecule has 0 spiro atoms. The summed E-state index contributed by atoms with van der Waals surface area (Å²) in [7, 11) is -2.89. The summed E-state index contributed by atoms with van der Waals surface area (Å²) in [6, 6.07) is -0.00365. The lowest BCUT2D eigenvalue weighted by molar-refractivity contribution is 0.561. The Balaban J connectivity index is 2.25. The molecule has 1 heterocycles. The Morgan fingerprint density at radius 1 is 1.56 bits per heavy atom. The normalized spacial score (nSPS) is 13.9. The van der Waals surface area contributed by atoms with Gasteiger partial charge in [-0.15, -0.1) is 11.3 Å². The lowest BCUT2D eigenvalue weighted by Gasteiger charge is -2.11. The topological polar surface area (TPSA) is 59.1 Å². The van der Waals surface area contributed by atoms with Gasteiger partial charge < -0.3 is 5.32 Å². The summed E-state index contributed by atoms with van der Waals surface area (Å²) >= 11 is 1.64. The Hall–Kier alpha value is -0.460. The number of hydrogen-bond acceptors (Lipinski definition) is 5. The minimum atomic E-state index is -2.89. The van der Waals surface area contributed by atoms with Gasteiger partial charge in [0, 0.05) is 36.3 Å². The van der Waals surface area contributed by atoms with Crippen LogP contribution in [0.15, 0.2) is 5.38 Å². The van der Waals surface area contributed by atoms with Gasteiger partial charge in [0.2, 0.25) is 0 Å². The summed E-state index contributed by atoms with van der Waals surface area (Å²) in [5, 5.41) is 6.30. The minimum absolute atomic E-state index is 0.00365. The predicted molar refractivity (Wildman–Crippen MR) is 67.7 cm³/mol. The summed E-state index contributed by atoms with van der Waals surface area (Å²) in [5.74, 6) is 0.184. The SMILES string of the molecule is Cc1csc(CCNC(C)CS(C)(=O)=O)n1. The number of nitrogens with one attached hydrogen (secondary N) is 1. The molecule has 4 nitrogen and oxygen atoms in total. The summed E-state index contributed by atoms with van der Waals surface area (Å²) in [5.41, 5.74) is 1.05. The molecule has 16 heavy (non-hydrogen) atoms. The number of hydrogen-bond donors (Lipinski definition) is 1. The van der Waals surface area contributed by atoms with Crippen LogP contribution in [0.3, 0.4) is 0 Å². The van der Waals surface area contributed by atoms with E-state index in [1.165, 1.54) is 6.26 Å². The van der Waals surface area contributed by atoms with Gasteiger partial charge in [-0.3, -0.25) is 0 Å². The molecule has 0 aliphatic heterocycles. The fraction of sp³-hybridized carbons (Fsp3) is 0.700. The molecule has 0 bridgehead atoms. The monoisotopic (exact) mass is 262 g/mol. The molecule has 92 valence electrons. The van der Waals surface area contributed by atoms with Gasteiger partial charge in [0.05, 0.1) is 10.8 Å². The number of sulfone groups is 1. The average Bonchev–Trinajstić information content (AvgIpc) is 2.48. The zero-order valence-electron chi connectivity index (χ0n) is 9.86. The Morgan fingerprint density at radius 2 is 2.25 bits per heavy atom. The highest BCUT2D eigenvalue weighted by Gasteiger charge is 2.09. The van der Waals surface area contributed by atoms with Gasteiger partial charge in [0.25, 0.3) is 0 Å². The standard InChI is InChI=1S/C10H18N2O2S2/c1-8-6-15-10(12-8)4-5-11-9(2)7-16(3,13)14/h6,9,11H,4-5,7H2,1-3H3. The molecular weight excluding hydrogens is 244 g/mol. The van der Waals surface area contributed by atoms with Crippen LogP contribution in [0.1, 0.15) is 17.6 Å². The van der Waals surface area contributed by atoms with Crippen LogP contribution in [0.2, 0.25) is 0 Å². The van der Waals surface area contributed by atoms with Crippen molar-refractivity contribution < 1.29 is 8.42 Å². The van der Waals surface area contributed by atoms with Crippen molar-refractivity contribution in [2.24, 2.45) is 0 Å². The number of aromatic nitrogens is 1. The largest absolute Gasteiger partial charge is 0.313 e. The molecule has 0 aromatic carbocycles. The molecule has 1 aromatic rings. The summed E-state index contributed by atoms with van der Waals surface area (Å²) in [4.78, 5) is 4.34. The molecule has 0 radical (unpaired) electrons. The molecule has 0 saturated carbocycles. The van der Waals surface area contributed by atoms with Crippen molar-refractivity contribution in [1.29, 1.82) is 0 Å². The highest BCUT2D eigenvalue weighted by Crippen LogP contribution is 2.08. The van der Waals surface area contributed by atoms with Gasteiger partial charge in [0.1, 0.15) is 9.84 Å². The van der Waals surface area contributed by atoms with Crippen molar-refractivity contribution in [1.82, 2.24) is 10.3 Å². The van der Waals surface area contributed by atoms with E-state index in [1.54, 1.807) is 11.3 Å². The van der Waals surface area contributed by atoms with E-state index in [2.05, 4.69) is 10.3 Å². The third kappa shape index (κ3) is 5.58. The van der Waals surface area contributed by atoms with Crippen LogP contribution in [0, 0.1) is 6.92 Å². The van der Waals surface area contributed by atoms with E-state index < -0.39 is 9.84 Å². The van der Waals surface area contributed by atoms with E-state index in [9.17, 15) is 8.42 Å². The first-order chi connectivity index (χ1) is 7.37. The molecule has 1 N–H and O–H groups in total. The molecule has 0 amide bonds. The summed E-state index contributed by atoms with van der Waals surface area (Å²) in [6.07, 6.45) is 2.11. The number of nitrogens with zero attached hydrogens (tertiary/aromatic N) is 1. The van der Waals surface area contributed by atoms with Crippen LogP contribution in [-0.4, -0.2) is 38.0 Å². The zero-order chi connectivity index (χ0) is 12.2. The van der Waals surface area contributed by atoms with Gasteiger partial charge in [-0.1, -0.05) is 0 Å². The second-order valence-electron chi connectivity index (χ2n) is 4.08. The third-order valence-electron chi connectivity index (χ3n) is 2.05. The molecule has 1 rings (SSSR count). The van der Waals surface area contributed by atoms with E-state index in [4.69, 9.17) is 0 Å². The summed E-state index contributed by atoms with van der Waals surface area (Å²) in [6.45, 7) is 4.62. The molecule has 1 aromatic heterocycles.